The summed E-state index contributed by atoms with van der Waals surface area (Å²) in [7, 11) is -3.56. The fraction of sp³-hybridized carbons (Fsp3) is 0.176. The summed E-state index contributed by atoms with van der Waals surface area (Å²) in [6.07, 6.45) is 1.63. The summed E-state index contributed by atoms with van der Waals surface area (Å²) in [4.78, 5) is 0. The quantitative estimate of drug-likeness (QED) is 0.881. The molecule has 0 fully saturated rings. The van der Waals surface area contributed by atoms with Gasteiger partial charge in [-0.05, 0) is 67.8 Å². The van der Waals surface area contributed by atoms with E-state index in [0.29, 0.717) is 10.7 Å². The van der Waals surface area contributed by atoms with Crippen molar-refractivity contribution in [2.24, 2.45) is 0 Å². The Hall–Kier alpha value is -1.78. The lowest BCUT2D eigenvalue weighted by Crippen LogP contribution is -2.08. The van der Waals surface area contributed by atoms with Crippen molar-refractivity contribution < 1.29 is 8.42 Å². The molecule has 0 saturated heterocycles. The normalized spacial score (nSPS) is 11.8. The molecule has 0 spiro atoms. The van der Waals surface area contributed by atoms with Crippen molar-refractivity contribution in [3.8, 4) is 0 Å². The van der Waals surface area contributed by atoms with Crippen molar-refractivity contribution in [2.45, 2.75) is 20.8 Å². The molecule has 0 aliphatic rings. The summed E-state index contributed by atoms with van der Waals surface area (Å²) in [6.45, 7) is 5.96. The monoisotopic (exact) mass is 335 g/mol. The molecule has 0 bridgehead atoms. The van der Waals surface area contributed by atoms with Gasteiger partial charge in [0.25, 0.3) is 10.0 Å². The molecule has 116 valence electrons. The molecule has 3 nitrogen and oxygen atoms in total. The van der Waals surface area contributed by atoms with Crippen LogP contribution in [0.15, 0.2) is 41.8 Å². The van der Waals surface area contributed by atoms with E-state index in [4.69, 9.17) is 11.6 Å². The maximum Gasteiger partial charge on any atom is 0.255 e. The third-order valence-corrected chi connectivity index (χ3v) is 4.52. The number of hydrogen-bond donors (Lipinski definition) is 1. The predicted molar refractivity (Wildman–Crippen MR) is 93.7 cm³/mol. The molecule has 0 aliphatic heterocycles. The summed E-state index contributed by atoms with van der Waals surface area (Å²) in [5, 5.41) is 1.75. The number of halogens is 1. The molecule has 0 amide bonds. The van der Waals surface area contributed by atoms with E-state index in [-0.39, 0.29) is 0 Å². The van der Waals surface area contributed by atoms with Crippen LogP contribution in [-0.4, -0.2) is 8.42 Å². The minimum absolute atomic E-state index is 0.478. The van der Waals surface area contributed by atoms with Gasteiger partial charge in [-0.25, -0.2) is 8.42 Å². The zero-order valence-electron chi connectivity index (χ0n) is 12.7. The second-order valence-corrected chi connectivity index (χ2v) is 7.27. The lowest BCUT2D eigenvalue weighted by Gasteiger charge is -2.08. The smallest absolute Gasteiger partial charge is 0.255 e. The second-order valence-electron chi connectivity index (χ2n) is 5.27. The van der Waals surface area contributed by atoms with Crippen LogP contribution < -0.4 is 4.72 Å². The number of anilines is 1. The third kappa shape index (κ3) is 4.36. The summed E-state index contributed by atoms with van der Waals surface area (Å²) >= 11 is 5.78. The molecule has 22 heavy (non-hydrogen) atoms. The highest BCUT2D eigenvalue weighted by atomic mass is 35.5. The van der Waals surface area contributed by atoms with Gasteiger partial charge >= 0.3 is 0 Å². The largest absolute Gasteiger partial charge is 0.280 e. The lowest BCUT2D eigenvalue weighted by molar-refractivity contribution is 0.609. The van der Waals surface area contributed by atoms with E-state index in [1.54, 1.807) is 30.3 Å². The van der Waals surface area contributed by atoms with Crippen LogP contribution in [0.1, 0.15) is 22.3 Å². The van der Waals surface area contributed by atoms with Crippen LogP contribution in [0.2, 0.25) is 5.02 Å². The van der Waals surface area contributed by atoms with E-state index in [9.17, 15) is 8.42 Å². The van der Waals surface area contributed by atoms with E-state index in [2.05, 4.69) is 4.72 Å². The first-order chi connectivity index (χ1) is 10.3. The van der Waals surface area contributed by atoms with Gasteiger partial charge in [0, 0.05) is 10.7 Å². The van der Waals surface area contributed by atoms with Gasteiger partial charge in [-0.2, -0.15) is 0 Å². The maximum atomic E-state index is 12.1. The molecular formula is C17H18ClNO2S. The van der Waals surface area contributed by atoms with Gasteiger partial charge in [-0.1, -0.05) is 29.3 Å². The van der Waals surface area contributed by atoms with Gasteiger partial charge < -0.3 is 0 Å². The summed E-state index contributed by atoms with van der Waals surface area (Å²) in [6, 6.07) is 10.6. The Morgan fingerprint density at radius 2 is 1.55 bits per heavy atom. The first-order valence-corrected chi connectivity index (χ1v) is 8.73. The molecule has 2 rings (SSSR count). The topological polar surface area (TPSA) is 46.2 Å². The summed E-state index contributed by atoms with van der Waals surface area (Å²) < 4.78 is 26.7. The minimum atomic E-state index is -3.56. The molecular weight excluding hydrogens is 318 g/mol. The van der Waals surface area contributed by atoms with E-state index in [1.165, 1.54) is 5.41 Å². The highest BCUT2D eigenvalue weighted by Crippen LogP contribution is 2.19. The van der Waals surface area contributed by atoms with Crippen LogP contribution in [0.5, 0.6) is 0 Å². The third-order valence-electron chi connectivity index (χ3n) is 3.26. The van der Waals surface area contributed by atoms with Crippen molar-refractivity contribution >= 4 is 33.4 Å². The van der Waals surface area contributed by atoms with Crippen LogP contribution >= 0.6 is 11.6 Å². The van der Waals surface area contributed by atoms with Crippen molar-refractivity contribution in [3.05, 3.63) is 69.1 Å². The number of nitrogens with one attached hydrogen (secondary N) is 1. The molecule has 0 unspecified atom stereocenters. The van der Waals surface area contributed by atoms with Gasteiger partial charge in [-0.15, -0.1) is 0 Å². The Balaban J connectivity index is 2.23. The Bertz CT molecular complexity index is 786. The number of hydrogen-bond acceptors (Lipinski definition) is 2. The first-order valence-electron chi connectivity index (χ1n) is 6.81. The fourth-order valence-corrected chi connectivity index (χ4v) is 3.30. The molecule has 0 heterocycles. The van der Waals surface area contributed by atoms with Crippen LogP contribution in [0.3, 0.4) is 0 Å². The zero-order valence-corrected chi connectivity index (χ0v) is 14.3. The molecule has 0 radical (unpaired) electrons. The van der Waals surface area contributed by atoms with E-state index in [1.807, 2.05) is 32.9 Å². The molecule has 2 aromatic carbocycles. The van der Waals surface area contributed by atoms with Crippen molar-refractivity contribution in [1.82, 2.24) is 0 Å². The van der Waals surface area contributed by atoms with E-state index >= 15 is 0 Å². The van der Waals surface area contributed by atoms with Gasteiger partial charge in [0.1, 0.15) is 0 Å². The number of aryl methyl sites for hydroxylation is 3. The number of benzene rings is 2. The van der Waals surface area contributed by atoms with E-state index in [0.717, 1.165) is 22.3 Å². The Labute approximate surface area is 136 Å². The summed E-state index contributed by atoms with van der Waals surface area (Å²) in [5.74, 6) is 0. The Kier molecular flexibility index (Phi) is 4.94. The van der Waals surface area contributed by atoms with Gasteiger partial charge in [0.2, 0.25) is 0 Å². The highest BCUT2D eigenvalue weighted by Gasteiger charge is 2.07. The minimum Gasteiger partial charge on any atom is -0.280 e. The van der Waals surface area contributed by atoms with Crippen molar-refractivity contribution in [1.29, 1.82) is 0 Å². The zero-order chi connectivity index (χ0) is 16.3. The number of rotatable bonds is 4. The lowest BCUT2D eigenvalue weighted by atomic mass is 10.0. The van der Waals surface area contributed by atoms with Crippen LogP contribution in [0.25, 0.3) is 6.08 Å². The molecule has 0 aromatic heterocycles. The molecule has 0 aliphatic carbocycles. The van der Waals surface area contributed by atoms with E-state index < -0.39 is 10.0 Å². The van der Waals surface area contributed by atoms with Gasteiger partial charge in [0.15, 0.2) is 0 Å². The van der Waals surface area contributed by atoms with Gasteiger partial charge in [0.05, 0.1) is 5.41 Å². The van der Waals surface area contributed by atoms with Gasteiger partial charge in [-0.3, -0.25) is 4.72 Å². The standard InChI is InChI=1S/C17H18ClNO2S/c1-12-10-13(2)17(14(3)11-12)8-9-22(20,21)19-16-6-4-15(18)5-7-16/h4-11,19H,1-3H3/b9-8+. The fourth-order valence-electron chi connectivity index (χ4n) is 2.33. The first kappa shape index (κ1) is 16.6. The molecule has 5 heteroatoms. The SMILES string of the molecule is Cc1cc(C)c(/C=C/S(=O)(=O)Nc2ccc(Cl)cc2)c(C)c1. The number of sulfonamides is 1. The van der Waals surface area contributed by atoms with Crippen molar-refractivity contribution in [2.75, 3.05) is 4.72 Å². The molecule has 0 atom stereocenters. The Morgan fingerprint density at radius 3 is 2.09 bits per heavy atom. The van der Waals surface area contributed by atoms with Crippen LogP contribution in [0.4, 0.5) is 5.69 Å². The molecule has 1 N–H and O–H groups in total. The Morgan fingerprint density at radius 1 is 1.00 bits per heavy atom. The molecule has 0 saturated carbocycles. The van der Waals surface area contributed by atoms with Crippen LogP contribution in [-0.2, 0) is 10.0 Å². The van der Waals surface area contributed by atoms with Crippen molar-refractivity contribution in [3.63, 3.8) is 0 Å². The summed E-state index contributed by atoms with van der Waals surface area (Å²) in [5.41, 5.74) is 4.67. The average molecular weight is 336 g/mol. The van der Waals surface area contributed by atoms with Crippen LogP contribution in [0, 0.1) is 20.8 Å². The average Bonchev–Trinajstić information content (AvgIpc) is 2.40. The second kappa shape index (κ2) is 6.55. The predicted octanol–water partition coefficient (Wildman–Crippen LogP) is 4.68. The highest BCUT2D eigenvalue weighted by molar-refractivity contribution is 7.95. The maximum absolute atomic E-state index is 12.1. The molecule has 2 aromatic rings.